The molecule has 13 heavy (non-hydrogen) atoms. The molecule has 0 unspecified atom stereocenters. The van der Waals surface area contributed by atoms with Crippen LogP contribution in [0, 0.1) is 37.7 Å². The van der Waals surface area contributed by atoms with E-state index in [2.05, 4.69) is 10.0 Å². The van der Waals surface area contributed by atoms with Gasteiger partial charge in [-0.3, -0.25) is 0 Å². The summed E-state index contributed by atoms with van der Waals surface area (Å²) in [6.07, 6.45) is -2.28. The molecule has 1 aliphatic rings. The van der Waals surface area contributed by atoms with Crippen LogP contribution >= 0.6 is 22.6 Å². The van der Waals surface area contributed by atoms with E-state index in [0.29, 0.717) is 0 Å². The minimum absolute atomic E-state index is 0. The Bertz CT molecular complexity index is 225. The summed E-state index contributed by atoms with van der Waals surface area (Å²) in [6.45, 7) is 1.07. The van der Waals surface area contributed by atoms with Crippen LogP contribution in [0.25, 0.3) is 10.4 Å². The van der Waals surface area contributed by atoms with Crippen molar-refractivity contribution < 1.29 is 46.1 Å². The standard InChI is InChI=1S/C5H7IN3O3.U/c6-2-5(8-9-7)4(11)3(10)1-12-5;/h1,3-4,10-11H,2H2;/q-1;/t3-,4-,5+;/m0./s1. The van der Waals surface area contributed by atoms with Gasteiger partial charge in [-0.1, -0.05) is 27.7 Å². The average molecular weight is 522 g/mol. The molecular weight excluding hydrogens is 515 g/mol. The molecule has 0 aromatic rings. The van der Waals surface area contributed by atoms with Gasteiger partial charge in [-0.15, -0.1) is 0 Å². The van der Waals surface area contributed by atoms with Crippen molar-refractivity contribution in [1.82, 2.24) is 0 Å². The van der Waals surface area contributed by atoms with Gasteiger partial charge in [-0.05, 0) is 11.6 Å². The van der Waals surface area contributed by atoms with E-state index < -0.39 is 17.9 Å². The summed E-state index contributed by atoms with van der Waals surface area (Å²) in [5.41, 5.74) is 6.86. The van der Waals surface area contributed by atoms with Gasteiger partial charge in [0.05, 0.1) is 6.10 Å². The predicted octanol–water partition coefficient (Wildman–Crippen LogP) is 0.342. The summed E-state index contributed by atoms with van der Waals surface area (Å²) in [7, 11) is 0. The van der Waals surface area contributed by atoms with Crippen LogP contribution in [-0.4, -0.2) is 32.6 Å². The summed E-state index contributed by atoms with van der Waals surface area (Å²) < 4.78 is 5.18. The zero-order valence-corrected chi connectivity index (χ0v) is 12.8. The van der Waals surface area contributed by atoms with Crippen molar-refractivity contribution in [3.05, 3.63) is 17.0 Å². The summed E-state index contributed by atoms with van der Waals surface area (Å²) in [5.74, 6) is 0. The van der Waals surface area contributed by atoms with Gasteiger partial charge in [0.15, 0.2) is 5.72 Å². The maximum absolute atomic E-state index is 9.36. The molecule has 0 aromatic heterocycles. The molecule has 1 saturated heterocycles. The molecule has 6 nitrogen and oxygen atoms in total. The Labute approximate surface area is 112 Å². The normalized spacial score (nSPS) is 37.8. The first kappa shape index (κ1) is 14.0. The van der Waals surface area contributed by atoms with Crippen LogP contribution in [0.3, 0.4) is 0 Å². The molecule has 0 radical (unpaired) electrons. The SMILES string of the molecule is [N-]=[N+]=N[C@]1(CI)O[CH-][C@H](O)[C@@H]1O.[U]. The first-order valence-corrected chi connectivity index (χ1v) is 4.68. The van der Waals surface area contributed by atoms with Crippen LogP contribution in [0.15, 0.2) is 5.11 Å². The third kappa shape index (κ3) is 2.72. The largest absolute Gasteiger partial charge is 0.538 e. The molecule has 1 aliphatic heterocycles. The number of hydrogen-bond acceptors (Lipinski definition) is 4. The molecular formula is C5H7IN3O3U-. The zero-order chi connectivity index (χ0) is 9.19. The van der Waals surface area contributed by atoms with Crippen molar-refractivity contribution in [3.8, 4) is 0 Å². The average Bonchev–Trinajstić information content (AvgIpc) is 2.35. The smallest absolute Gasteiger partial charge is 0.151 e. The van der Waals surface area contributed by atoms with Crippen molar-refractivity contribution in [2.24, 2.45) is 5.11 Å². The van der Waals surface area contributed by atoms with Gasteiger partial charge in [0.25, 0.3) is 0 Å². The predicted molar refractivity (Wildman–Crippen MR) is 48.2 cm³/mol. The Morgan fingerprint density at radius 1 is 1.69 bits per heavy atom. The van der Waals surface area contributed by atoms with E-state index in [0.717, 1.165) is 6.61 Å². The molecule has 0 aliphatic carbocycles. The van der Waals surface area contributed by atoms with E-state index in [1.807, 2.05) is 22.6 Å². The van der Waals surface area contributed by atoms with E-state index in [-0.39, 0.29) is 35.5 Å². The second kappa shape index (κ2) is 5.76. The van der Waals surface area contributed by atoms with Gasteiger partial charge in [0.1, 0.15) is 0 Å². The fourth-order valence-corrected chi connectivity index (χ4v) is 1.68. The molecule has 2 N–H and O–H groups in total. The first-order chi connectivity index (χ1) is 5.66. The van der Waals surface area contributed by atoms with Crippen LogP contribution < -0.4 is 0 Å². The molecule has 0 aromatic carbocycles. The third-order valence-electron chi connectivity index (χ3n) is 1.60. The second-order valence-corrected chi connectivity index (χ2v) is 3.12. The van der Waals surface area contributed by atoms with E-state index in [1.165, 1.54) is 0 Å². The number of aliphatic hydroxyl groups excluding tert-OH is 2. The second-order valence-electron chi connectivity index (χ2n) is 2.36. The monoisotopic (exact) mass is 522 g/mol. The van der Waals surface area contributed by atoms with Crippen LogP contribution in [0.2, 0.25) is 0 Å². The van der Waals surface area contributed by atoms with Crippen molar-refractivity contribution in [1.29, 1.82) is 0 Å². The summed E-state index contributed by atoms with van der Waals surface area (Å²) in [5, 5.41) is 21.8. The van der Waals surface area contributed by atoms with Gasteiger partial charge in [0.2, 0.25) is 0 Å². The number of azide groups is 1. The zero-order valence-electron chi connectivity index (χ0n) is 6.46. The number of rotatable bonds is 2. The number of alkyl halides is 1. The Kier molecular flexibility index (Phi) is 6.19. The van der Waals surface area contributed by atoms with E-state index in [9.17, 15) is 5.11 Å². The molecule has 0 saturated carbocycles. The molecule has 8 heteroatoms. The molecule has 1 heterocycles. The summed E-state index contributed by atoms with van der Waals surface area (Å²) in [4.78, 5) is 2.55. The number of hydrogen-bond donors (Lipinski definition) is 2. The Hall–Kier alpha value is 0.972. The third-order valence-corrected chi connectivity index (χ3v) is 2.70. The molecule has 1 rings (SSSR count). The minimum Gasteiger partial charge on any atom is -0.538 e. The van der Waals surface area contributed by atoms with Gasteiger partial charge in [-0.25, -0.2) is 0 Å². The van der Waals surface area contributed by atoms with Crippen LogP contribution in [0.5, 0.6) is 0 Å². The number of nitrogens with zero attached hydrogens (tertiary/aromatic N) is 3. The van der Waals surface area contributed by atoms with Gasteiger partial charge < -0.3 is 14.9 Å². The van der Waals surface area contributed by atoms with Crippen LogP contribution in [0.4, 0.5) is 0 Å². The molecule has 0 amide bonds. The Morgan fingerprint density at radius 3 is 2.62 bits per heavy atom. The van der Waals surface area contributed by atoms with E-state index >= 15 is 0 Å². The molecule has 0 bridgehead atoms. The molecule has 0 spiro atoms. The van der Waals surface area contributed by atoms with Crippen molar-refractivity contribution >= 4 is 22.6 Å². The van der Waals surface area contributed by atoms with Crippen molar-refractivity contribution in [3.63, 3.8) is 0 Å². The molecule has 72 valence electrons. The maximum atomic E-state index is 9.36. The fourth-order valence-electron chi connectivity index (χ4n) is 0.894. The summed E-state index contributed by atoms with van der Waals surface area (Å²) in [6, 6.07) is 0. The quantitative estimate of drug-likeness (QED) is 0.137. The first-order valence-electron chi connectivity index (χ1n) is 3.16. The van der Waals surface area contributed by atoms with E-state index in [1.54, 1.807) is 0 Å². The number of aliphatic hydroxyl groups is 2. The van der Waals surface area contributed by atoms with Gasteiger partial charge in [-0.2, -0.15) is 6.61 Å². The van der Waals surface area contributed by atoms with Gasteiger partial charge >= 0.3 is 0 Å². The molecule has 3 atom stereocenters. The number of ether oxygens (including phenoxy) is 1. The van der Waals surface area contributed by atoms with Crippen LogP contribution in [0.1, 0.15) is 0 Å². The Morgan fingerprint density at radius 2 is 2.31 bits per heavy atom. The number of halogens is 1. The minimum atomic E-state index is -1.34. The maximum Gasteiger partial charge on any atom is 0.151 e. The van der Waals surface area contributed by atoms with E-state index in [4.69, 9.17) is 15.4 Å². The van der Waals surface area contributed by atoms with Crippen molar-refractivity contribution in [2.75, 3.05) is 4.43 Å². The van der Waals surface area contributed by atoms with Crippen LogP contribution in [-0.2, 0) is 4.74 Å². The fraction of sp³-hybridized carbons (Fsp3) is 0.800. The Balaban J connectivity index is 0.00000144. The van der Waals surface area contributed by atoms with Gasteiger partial charge in [0, 0.05) is 40.5 Å². The molecule has 1 fully saturated rings. The van der Waals surface area contributed by atoms with Crippen molar-refractivity contribution in [2.45, 2.75) is 17.9 Å². The topological polar surface area (TPSA) is 98.5 Å². The summed E-state index contributed by atoms with van der Waals surface area (Å²) >= 11 is 1.91.